The Morgan fingerprint density at radius 3 is 0.976 bits per heavy atom. The molecule has 42 heavy (non-hydrogen) atoms. The molecule has 0 unspecified atom stereocenters. The molecule has 0 saturated heterocycles. The molecule has 246 valence electrons. The predicted molar refractivity (Wildman–Crippen MR) is 173 cm³/mol. The highest BCUT2D eigenvalue weighted by Gasteiger charge is 2.25. The van der Waals surface area contributed by atoms with Crippen molar-refractivity contribution in [3.63, 3.8) is 0 Å². The monoisotopic (exact) mass is 634 g/mol. The van der Waals surface area contributed by atoms with Crippen molar-refractivity contribution < 1.29 is 36.6 Å². The van der Waals surface area contributed by atoms with Crippen LogP contribution >= 0.6 is 20.7 Å². The molecule has 0 bridgehead atoms. The summed E-state index contributed by atoms with van der Waals surface area (Å²) in [6.45, 7) is 12.1. The number of phosphoric ester groups is 1. The van der Waals surface area contributed by atoms with Gasteiger partial charge in [-0.2, -0.15) is 0 Å². The second-order valence-electron chi connectivity index (χ2n) is 11.1. The van der Waals surface area contributed by atoms with E-state index < -0.39 is 7.82 Å². The number of ether oxygens (including phenoxy) is 2. The van der Waals surface area contributed by atoms with E-state index in [1.165, 1.54) is 51.4 Å². The molecule has 0 amide bonds. The number of carbonyl (C=O) groups excluding carboxylic acids is 2. The SMILES string of the molecule is C=C(C)C(=O)OCCCCCCCCCCCCOP(=O)(OS)OCCCCCCCCCCCCOC(=O)C(=C)C. The van der Waals surface area contributed by atoms with E-state index in [1.54, 1.807) is 13.8 Å². The number of hydrogen-bond acceptors (Lipinski definition) is 9. The topological polar surface area (TPSA) is 97.4 Å². The maximum absolute atomic E-state index is 12.5. The van der Waals surface area contributed by atoms with Crippen LogP contribution in [0.3, 0.4) is 0 Å². The molecule has 0 atom stereocenters. The van der Waals surface area contributed by atoms with Crippen molar-refractivity contribution in [2.45, 2.75) is 142 Å². The minimum absolute atomic E-state index is 0.301. The molecule has 0 heterocycles. The van der Waals surface area contributed by atoms with Crippen LogP contribution in [0.1, 0.15) is 142 Å². The lowest BCUT2D eigenvalue weighted by atomic mass is 10.1. The summed E-state index contributed by atoms with van der Waals surface area (Å²) in [5, 5.41) is 0. The Hall–Kier alpha value is -1.12. The first-order valence-corrected chi connectivity index (χ1v) is 17.9. The van der Waals surface area contributed by atoms with Gasteiger partial charge in [-0.3, -0.25) is 9.05 Å². The van der Waals surface area contributed by atoms with Crippen LogP contribution < -0.4 is 0 Å². The largest absolute Gasteiger partial charge is 0.485 e. The van der Waals surface area contributed by atoms with Gasteiger partial charge in [-0.05, 0) is 52.4 Å². The summed E-state index contributed by atoms with van der Waals surface area (Å²) in [7, 11) is -3.59. The molecule has 0 aromatic carbocycles. The lowest BCUT2D eigenvalue weighted by Crippen LogP contribution is -2.05. The standard InChI is InChI=1S/C32H59O8PS/c1-29(2)31(33)36-25-21-17-13-9-5-7-11-15-19-23-27-38-41(35,40-42)39-28-24-20-16-12-8-6-10-14-18-22-26-37-32(34)30(3)4/h42H,1,3,5-28H2,2,4H3. The zero-order chi connectivity index (χ0) is 31.3. The van der Waals surface area contributed by atoms with E-state index in [1.807, 2.05) is 0 Å². The van der Waals surface area contributed by atoms with E-state index in [-0.39, 0.29) is 11.9 Å². The van der Waals surface area contributed by atoms with Crippen LogP contribution in [0.25, 0.3) is 0 Å². The normalized spacial score (nSPS) is 11.4. The number of rotatable bonds is 31. The van der Waals surface area contributed by atoms with Gasteiger partial charge in [-0.1, -0.05) is 116 Å². The fraction of sp³-hybridized carbons (Fsp3) is 0.812. The lowest BCUT2D eigenvalue weighted by Gasteiger charge is -2.15. The molecule has 0 saturated carbocycles. The van der Waals surface area contributed by atoms with Crippen molar-refractivity contribution in [3.05, 3.63) is 24.3 Å². The van der Waals surface area contributed by atoms with Crippen molar-refractivity contribution in [2.24, 2.45) is 0 Å². The fourth-order valence-corrected chi connectivity index (χ4v) is 5.41. The van der Waals surface area contributed by atoms with E-state index >= 15 is 0 Å². The number of thiol groups is 1. The Kier molecular flexibility index (Phi) is 27.9. The van der Waals surface area contributed by atoms with E-state index in [0.29, 0.717) is 37.6 Å². The van der Waals surface area contributed by atoms with Crippen molar-refractivity contribution in [1.29, 1.82) is 0 Å². The van der Waals surface area contributed by atoms with Gasteiger partial charge in [0.2, 0.25) is 0 Å². The fourth-order valence-electron chi connectivity index (χ4n) is 4.25. The summed E-state index contributed by atoms with van der Waals surface area (Å²) < 4.78 is 38.2. The molecule has 0 aliphatic carbocycles. The van der Waals surface area contributed by atoms with Crippen LogP contribution in [0.2, 0.25) is 0 Å². The smallest absolute Gasteiger partial charge is 0.462 e. The molecule has 0 fully saturated rings. The molecule has 0 aliphatic rings. The molecular formula is C32H59O8PS. The molecule has 10 heteroatoms. The molecule has 0 N–H and O–H groups in total. The maximum Gasteiger partial charge on any atom is 0.485 e. The van der Waals surface area contributed by atoms with Gasteiger partial charge >= 0.3 is 19.8 Å². The molecule has 0 aliphatic heterocycles. The van der Waals surface area contributed by atoms with Crippen LogP contribution in [-0.4, -0.2) is 38.4 Å². The second-order valence-corrected chi connectivity index (χ2v) is 13.2. The van der Waals surface area contributed by atoms with Crippen molar-refractivity contribution in [1.82, 2.24) is 0 Å². The Bertz CT molecular complexity index is 716. The third-order valence-corrected chi connectivity index (χ3v) is 8.64. The van der Waals surface area contributed by atoms with Gasteiger partial charge in [0.05, 0.1) is 26.4 Å². The summed E-state index contributed by atoms with van der Waals surface area (Å²) in [5.41, 5.74) is 0.899. The average molecular weight is 635 g/mol. The Morgan fingerprint density at radius 1 is 0.500 bits per heavy atom. The third kappa shape index (κ3) is 26.5. The van der Waals surface area contributed by atoms with Crippen LogP contribution in [-0.2, 0) is 36.6 Å². The molecule has 0 aromatic heterocycles. The maximum atomic E-state index is 12.5. The predicted octanol–water partition coefficient (Wildman–Crippen LogP) is 10.0. The lowest BCUT2D eigenvalue weighted by molar-refractivity contribution is -0.139. The third-order valence-electron chi connectivity index (χ3n) is 6.84. The highest BCUT2D eigenvalue weighted by Crippen LogP contribution is 2.50. The first-order chi connectivity index (χ1) is 20.2. The number of unbranched alkanes of at least 4 members (excludes halogenated alkanes) is 18. The minimum Gasteiger partial charge on any atom is -0.462 e. The van der Waals surface area contributed by atoms with Crippen molar-refractivity contribution in [2.75, 3.05) is 26.4 Å². The van der Waals surface area contributed by atoms with Crippen LogP contribution in [0.15, 0.2) is 24.3 Å². The second kappa shape index (κ2) is 28.6. The van der Waals surface area contributed by atoms with Crippen LogP contribution in [0.5, 0.6) is 0 Å². The number of phosphoric acid groups is 1. The minimum atomic E-state index is -3.59. The summed E-state index contributed by atoms with van der Waals surface area (Å²) >= 11 is 3.71. The zero-order valence-electron chi connectivity index (χ0n) is 26.5. The summed E-state index contributed by atoms with van der Waals surface area (Å²) in [6, 6.07) is 0. The van der Waals surface area contributed by atoms with E-state index in [9.17, 15) is 14.2 Å². The van der Waals surface area contributed by atoms with Gasteiger partial charge in [0, 0.05) is 11.1 Å². The first-order valence-electron chi connectivity index (χ1n) is 16.1. The Balaban J connectivity index is 3.47. The Labute approximate surface area is 261 Å². The molecule has 0 rings (SSSR count). The van der Waals surface area contributed by atoms with E-state index in [0.717, 1.165) is 77.0 Å². The van der Waals surface area contributed by atoms with Gasteiger partial charge in [-0.15, -0.1) is 0 Å². The summed E-state index contributed by atoms with van der Waals surface area (Å²) in [6.07, 6.45) is 21.9. The Morgan fingerprint density at radius 2 is 0.738 bits per heavy atom. The van der Waals surface area contributed by atoms with Crippen molar-refractivity contribution in [3.8, 4) is 0 Å². The summed E-state index contributed by atoms with van der Waals surface area (Å²) in [5.74, 6) is -0.603. The molecule has 0 spiro atoms. The van der Waals surface area contributed by atoms with E-state index in [2.05, 4.69) is 26.1 Å². The molecular weight excluding hydrogens is 575 g/mol. The van der Waals surface area contributed by atoms with Crippen LogP contribution in [0, 0.1) is 0 Å². The number of hydrogen-bond donors (Lipinski definition) is 1. The van der Waals surface area contributed by atoms with Crippen molar-refractivity contribution >= 4 is 32.7 Å². The first kappa shape index (κ1) is 40.9. The molecule has 0 radical (unpaired) electrons. The number of esters is 2. The van der Waals surface area contributed by atoms with Gasteiger partial charge in [0.25, 0.3) is 0 Å². The molecule has 8 nitrogen and oxygen atoms in total. The van der Waals surface area contributed by atoms with Crippen LogP contribution in [0.4, 0.5) is 0 Å². The van der Waals surface area contributed by atoms with E-state index in [4.69, 9.17) is 22.5 Å². The highest BCUT2D eigenvalue weighted by molar-refractivity contribution is 7.80. The zero-order valence-corrected chi connectivity index (χ0v) is 28.3. The quantitative estimate of drug-likeness (QED) is 0.0201. The highest BCUT2D eigenvalue weighted by atomic mass is 32.1. The van der Waals surface area contributed by atoms with Gasteiger partial charge in [0.15, 0.2) is 0 Å². The van der Waals surface area contributed by atoms with Gasteiger partial charge in [-0.25, -0.2) is 18.1 Å². The molecule has 0 aromatic rings. The van der Waals surface area contributed by atoms with Gasteiger partial charge < -0.3 is 9.47 Å². The average Bonchev–Trinajstić information content (AvgIpc) is 2.97. The number of carbonyl (C=O) groups is 2. The van der Waals surface area contributed by atoms with Gasteiger partial charge in [0.1, 0.15) is 0 Å². The summed E-state index contributed by atoms with van der Waals surface area (Å²) in [4.78, 5) is 22.6.